The quantitative estimate of drug-likeness (QED) is 0.896. The molecule has 0 saturated carbocycles. The second-order valence-corrected chi connectivity index (χ2v) is 6.69. The third-order valence-corrected chi connectivity index (χ3v) is 5.36. The molecule has 0 bridgehead atoms. The second kappa shape index (κ2) is 5.48. The van der Waals surface area contributed by atoms with Crippen LogP contribution in [0.4, 0.5) is 0 Å². The van der Waals surface area contributed by atoms with E-state index in [4.69, 9.17) is 5.73 Å². The molecule has 4 nitrogen and oxygen atoms in total. The normalized spacial score (nSPS) is 25.3. The maximum atomic E-state index is 12.6. The lowest BCUT2D eigenvalue weighted by Gasteiger charge is -2.32. The molecule has 2 N–H and O–H groups in total. The van der Waals surface area contributed by atoms with Crippen molar-refractivity contribution in [3.8, 4) is 0 Å². The largest absolute Gasteiger partial charge is 0.369 e. The van der Waals surface area contributed by atoms with Crippen LogP contribution in [0.1, 0.15) is 18.4 Å². The third-order valence-electron chi connectivity index (χ3n) is 4.06. The van der Waals surface area contributed by atoms with Crippen LogP contribution in [0.3, 0.4) is 0 Å². The average molecular weight is 290 g/mol. The Balaban J connectivity index is 1.67. The van der Waals surface area contributed by atoms with E-state index in [2.05, 4.69) is 12.1 Å². The number of likely N-dealkylation sites (tertiary alicyclic amines) is 1. The van der Waals surface area contributed by atoms with Gasteiger partial charge in [-0.3, -0.25) is 9.59 Å². The second-order valence-electron chi connectivity index (χ2n) is 5.44. The van der Waals surface area contributed by atoms with Gasteiger partial charge in [-0.05, 0) is 30.9 Å². The van der Waals surface area contributed by atoms with Crippen LogP contribution in [0.5, 0.6) is 0 Å². The van der Waals surface area contributed by atoms with Crippen LogP contribution in [0.15, 0.2) is 29.2 Å². The van der Waals surface area contributed by atoms with Crippen molar-refractivity contribution in [3.05, 3.63) is 29.8 Å². The molecular formula is C15H18N2O2S. The van der Waals surface area contributed by atoms with E-state index in [1.807, 2.05) is 17.0 Å². The Morgan fingerprint density at radius 2 is 2.10 bits per heavy atom. The first-order chi connectivity index (χ1) is 9.65. The predicted molar refractivity (Wildman–Crippen MR) is 78.3 cm³/mol. The van der Waals surface area contributed by atoms with Crippen molar-refractivity contribution in [2.45, 2.75) is 29.4 Å². The first-order valence-electron chi connectivity index (χ1n) is 6.98. The van der Waals surface area contributed by atoms with Crippen molar-refractivity contribution in [3.63, 3.8) is 0 Å². The van der Waals surface area contributed by atoms with Crippen molar-refractivity contribution >= 4 is 23.6 Å². The van der Waals surface area contributed by atoms with Crippen molar-refractivity contribution in [2.24, 2.45) is 11.7 Å². The Morgan fingerprint density at radius 1 is 1.30 bits per heavy atom. The van der Waals surface area contributed by atoms with Crippen LogP contribution in [0, 0.1) is 5.92 Å². The highest BCUT2D eigenvalue weighted by molar-refractivity contribution is 8.01. The third kappa shape index (κ3) is 2.54. The highest BCUT2D eigenvalue weighted by Gasteiger charge is 2.34. The zero-order valence-corrected chi connectivity index (χ0v) is 12.1. The molecule has 5 heteroatoms. The summed E-state index contributed by atoms with van der Waals surface area (Å²) in [5.41, 5.74) is 6.62. The summed E-state index contributed by atoms with van der Waals surface area (Å²) in [5, 5.41) is -0.0426. The first-order valence-corrected chi connectivity index (χ1v) is 7.86. The fraction of sp³-hybridized carbons (Fsp3) is 0.467. The number of rotatable bonds is 2. The van der Waals surface area contributed by atoms with Gasteiger partial charge in [0.2, 0.25) is 11.8 Å². The van der Waals surface area contributed by atoms with Gasteiger partial charge in [-0.15, -0.1) is 11.8 Å². The molecule has 0 spiro atoms. The van der Waals surface area contributed by atoms with Gasteiger partial charge in [0.25, 0.3) is 0 Å². The molecule has 3 rings (SSSR count). The lowest BCUT2D eigenvalue weighted by Crippen LogP contribution is -2.47. The Morgan fingerprint density at radius 3 is 2.85 bits per heavy atom. The molecule has 1 aromatic carbocycles. The fourth-order valence-electron chi connectivity index (χ4n) is 2.93. The van der Waals surface area contributed by atoms with E-state index in [1.54, 1.807) is 11.8 Å². The Bertz CT molecular complexity index is 521. The van der Waals surface area contributed by atoms with Gasteiger partial charge in [-0.25, -0.2) is 0 Å². The van der Waals surface area contributed by atoms with Gasteiger partial charge in [0.1, 0.15) is 0 Å². The number of fused-ring (bicyclic) bond motifs is 1. The number of nitrogens with two attached hydrogens (primary N) is 1. The Hall–Kier alpha value is -1.49. The number of benzene rings is 1. The van der Waals surface area contributed by atoms with Gasteiger partial charge < -0.3 is 10.6 Å². The smallest absolute Gasteiger partial charge is 0.236 e. The maximum absolute atomic E-state index is 12.6. The molecule has 0 radical (unpaired) electrons. The summed E-state index contributed by atoms with van der Waals surface area (Å²) in [4.78, 5) is 26.9. The highest BCUT2D eigenvalue weighted by atomic mass is 32.2. The lowest BCUT2D eigenvalue weighted by molar-refractivity contribution is -0.134. The summed E-state index contributed by atoms with van der Waals surface area (Å²) in [7, 11) is 0. The summed E-state index contributed by atoms with van der Waals surface area (Å²) in [6, 6.07) is 8.16. The number of carbonyl (C=O) groups is 2. The van der Waals surface area contributed by atoms with E-state index < -0.39 is 0 Å². The molecular weight excluding hydrogens is 272 g/mol. The summed E-state index contributed by atoms with van der Waals surface area (Å²) in [6.07, 6.45) is 2.46. The molecule has 2 unspecified atom stereocenters. The number of carbonyl (C=O) groups excluding carboxylic acids is 2. The molecule has 1 fully saturated rings. The molecule has 2 heterocycles. The zero-order valence-electron chi connectivity index (χ0n) is 11.2. The van der Waals surface area contributed by atoms with Gasteiger partial charge in [0, 0.05) is 18.0 Å². The van der Waals surface area contributed by atoms with Crippen LogP contribution >= 0.6 is 11.8 Å². The topological polar surface area (TPSA) is 63.4 Å². The lowest BCUT2D eigenvalue weighted by atomic mass is 9.97. The monoisotopic (exact) mass is 290 g/mol. The van der Waals surface area contributed by atoms with Crippen LogP contribution in [-0.4, -0.2) is 35.1 Å². The highest BCUT2D eigenvalue weighted by Crippen LogP contribution is 2.38. The number of amides is 2. The van der Waals surface area contributed by atoms with Gasteiger partial charge in [0.05, 0.1) is 11.2 Å². The van der Waals surface area contributed by atoms with Gasteiger partial charge in [-0.2, -0.15) is 0 Å². The number of nitrogens with zero attached hydrogens (tertiary/aromatic N) is 1. The number of piperidine rings is 1. The standard InChI is InChI=1S/C15H18N2O2S/c16-14(18)11-5-3-7-17(9-11)15(19)13-8-10-4-1-2-6-12(10)20-13/h1-2,4,6,11,13H,3,5,7-9H2,(H2,16,18). The summed E-state index contributed by atoms with van der Waals surface area (Å²) in [5.74, 6) is -0.316. The molecule has 2 amide bonds. The number of primary amides is 1. The SMILES string of the molecule is NC(=O)C1CCCN(C(=O)C2Cc3ccccc3S2)C1. The van der Waals surface area contributed by atoms with Gasteiger partial charge >= 0.3 is 0 Å². The Labute approximate surface area is 122 Å². The molecule has 106 valence electrons. The predicted octanol–water partition coefficient (Wildman–Crippen LogP) is 1.43. The molecule has 0 aromatic heterocycles. The molecule has 2 aliphatic rings. The summed E-state index contributed by atoms with van der Waals surface area (Å²) >= 11 is 1.64. The minimum Gasteiger partial charge on any atom is -0.369 e. The molecule has 0 aliphatic carbocycles. The zero-order chi connectivity index (χ0) is 14.1. The number of hydrogen-bond donors (Lipinski definition) is 1. The first kappa shape index (κ1) is 13.5. The van der Waals surface area contributed by atoms with Crippen molar-refractivity contribution in [1.82, 2.24) is 4.90 Å². The Kier molecular flexibility index (Phi) is 3.70. The van der Waals surface area contributed by atoms with Crippen LogP contribution in [0.25, 0.3) is 0 Å². The molecule has 20 heavy (non-hydrogen) atoms. The minimum atomic E-state index is -0.287. The van der Waals surface area contributed by atoms with Gasteiger partial charge in [-0.1, -0.05) is 18.2 Å². The van der Waals surface area contributed by atoms with Gasteiger partial charge in [0.15, 0.2) is 0 Å². The van der Waals surface area contributed by atoms with Crippen molar-refractivity contribution in [1.29, 1.82) is 0 Å². The fourth-order valence-corrected chi connectivity index (χ4v) is 4.21. The minimum absolute atomic E-state index is 0.0426. The van der Waals surface area contributed by atoms with E-state index in [1.165, 1.54) is 10.5 Å². The summed E-state index contributed by atoms with van der Waals surface area (Å²) < 4.78 is 0. The van der Waals surface area contributed by atoms with Crippen molar-refractivity contribution < 1.29 is 9.59 Å². The maximum Gasteiger partial charge on any atom is 0.236 e. The van der Waals surface area contributed by atoms with E-state index in [0.29, 0.717) is 6.54 Å². The molecule has 1 aromatic rings. The summed E-state index contributed by atoms with van der Waals surface area (Å²) in [6.45, 7) is 1.23. The van der Waals surface area contributed by atoms with E-state index in [-0.39, 0.29) is 23.0 Å². The molecule has 2 aliphatic heterocycles. The molecule has 1 saturated heterocycles. The molecule has 2 atom stereocenters. The number of thioether (sulfide) groups is 1. The van der Waals surface area contributed by atoms with Crippen LogP contribution < -0.4 is 5.73 Å². The van der Waals surface area contributed by atoms with Crippen LogP contribution in [-0.2, 0) is 16.0 Å². The van der Waals surface area contributed by atoms with E-state index in [0.717, 1.165) is 25.8 Å². The average Bonchev–Trinajstić information content (AvgIpc) is 2.90. The van der Waals surface area contributed by atoms with E-state index in [9.17, 15) is 9.59 Å². The number of hydrogen-bond acceptors (Lipinski definition) is 3. The van der Waals surface area contributed by atoms with E-state index >= 15 is 0 Å². The van der Waals surface area contributed by atoms with Crippen LogP contribution in [0.2, 0.25) is 0 Å². The van der Waals surface area contributed by atoms with Crippen molar-refractivity contribution in [2.75, 3.05) is 13.1 Å².